The molecular weight excluding hydrogens is 398 g/mol. The molecule has 0 radical (unpaired) electrons. The Kier molecular flexibility index (Phi) is 5.53. The maximum Gasteiger partial charge on any atom is 0.355 e. The number of carbonyl (C=O) groups excluding carboxylic acids is 2. The van der Waals surface area contributed by atoms with Gasteiger partial charge >= 0.3 is 11.9 Å². The number of esters is 2. The smallest absolute Gasteiger partial charge is 0.355 e. The van der Waals surface area contributed by atoms with Crippen molar-refractivity contribution in [2.24, 2.45) is 0 Å². The number of ether oxygens (including phenoxy) is 2. The number of hydrogen-bond donors (Lipinski definition) is 1. The summed E-state index contributed by atoms with van der Waals surface area (Å²) >= 11 is 0. The maximum atomic E-state index is 12.6. The molecule has 0 aliphatic carbocycles. The number of anilines is 1. The number of carbonyl (C=O) groups is 2. The number of rotatable bonds is 4. The Morgan fingerprint density at radius 2 is 1.59 bits per heavy atom. The Balaban J connectivity index is 2.35. The molecule has 0 spiro atoms. The molecule has 1 N–H and O–H groups in total. The Labute approximate surface area is 167 Å². The average Bonchev–Trinajstić information content (AvgIpc) is 2.93. The highest BCUT2D eigenvalue weighted by Gasteiger charge is 2.28. The number of methoxy groups -OCH3 is 2. The van der Waals surface area contributed by atoms with Crippen molar-refractivity contribution in [3.63, 3.8) is 0 Å². The Hall–Kier alpha value is -3.43. The van der Waals surface area contributed by atoms with Crippen LogP contribution in [-0.2, 0) is 29.2 Å². The second-order valence-electron chi connectivity index (χ2n) is 5.92. The third-order valence-corrected chi connectivity index (χ3v) is 5.20. The van der Waals surface area contributed by atoms with E-state index in [-0.39, 0.29) is 21.6 Å². The molecule has 1 aliphatic rings. The predicted molar refractivity (Wildman–Crippen MR) is 106 cm³/mol. The van der Waals surface area contributed by atoms with Crippen LogP contribution < -0.4 is 4.90 Å². The molecule has 9 heteroatoms. The van der Waals surface area contributed by atoms with Crippen LogP contribution in [0.2, 0.25) is 0 Å². The summed E-state index contributed by atoms with van der Waals surface area (Å²) in [6, 6.07) is 9.13. The molecular formula is C20H17NO7S. The lowest BCUT2D eigenvalue weighted by atomic mass is 10.1. The highest BCUT2D eigenvalue weighted by Crippen LogP contribution is 2.35. The summed E-state index contributed by atoms with van der Waals surface area (Å²) in [4.78, 5) is 26.0. The van der Waals surface area contributed by atoms with Crippen LogP contribution in [0.25, 0.3) is 10.8 Å². The third kappa shape index (κ3) is 3.78. The van der Waals surface area contributed by atoms with Crippen molar-refractivity contribution < 1.29 is 32.0 Å². The van der Waals surface area contributed by atoms with E-state index in [0.717, 1.165) is 0 Å². The fourth-order valence-electron chi connectivity index (χ4n) is 3.05. The summed E-state index contributed by atoms with van der Waals surface area (Å²) in [6.45, 7) is 0. The lowest BCUT2D eigenvalue weighted by Crippen LogP contribution is -2.27. The molecule has 1 heterocycles. The highest BCUT2D eigenvalue weighted by molar-refractivity contribution is 7.86. The Morgan fingerprint density at radius 1 is 0.931 bits per heavy atom. The van der Waals surface area contributed by atoms with Crippen molar-refractivity contribution in [1.82, 2.24) is 0 Å². The van der Waals surface area contributed by atoms with Gasteiger partial charge in [-0.3, -0.25) is 4.55 Å². The van der Waals surface area contributed by atoms with Crippen molar-refractivity contribution in [3.8, 4) is 0 Å². The summed E-state index contributed by atoms with van der Waals surface area (Å²) in [5, 5.41) is 0.682. The molecule has 0 atom stereocenters. The molecule has 0 aromatic heterocycles. The highest BCUT2D eigenvalue weighted by atomic mass is 32.2. The summed E-state index contributed by atoms with van der Waals surface area (Å²) in [5.41, 5.74) is 0.260. The molecule has 150 valence electrons. The van der Waals surface area contributed by atoms with Gasteiger partial charge in [0.25, 0.3) is 10.1 Å². The molecule has 0 saturated heterocycles. The number of hydrogen-bond acceptors (Lipinski definition) is 7. The molecule has 3 rings (SSSR count). The van der Waals surface area contributed by atoms with E-state index in [1.807, 2.05) is 0 Å². The van der Waals surface area contributed by atoms with Gasteiger partial charge in [-0.2, -0.15) is 8.42 Å². The monoisotopic (exact) mass is 415 g/mol. The van der Waals surface area contributed by atoms with Gasteiger partial charge in [-0.15, -0.1) is 0 Å². The fraction of sp³-hybridized carbons (Fsp3) is 0.100. The molecule has 0 fully saturated rings. The Bertz CT molecular complexity index is 1190. The van der Waals surface area contributed by atoms with E-state index in [2.05, 4.69) is 0 Å². The summed E-state index contributed by atoms with van der Waals surface area (Å²) in [5.74, 6) is -1.53. The summed E-state index contributed by atoms with van der Waals surface area (Å²) < 4.78 is 42.7. The van der Waals surface area contributed by atoms with Crippen LogP contribution in [0.4, 0.5) is 5.69 Å². The van der Waals surface area contributed by atoms with Crippen molar-refractivity contribution >= 4 is 38.5 Å². The van der Waals surface area contributed by atoms with Gasteiger partial charge in [0.15, 0.2) is 0 Å². The number of allylic oxidation sites excluding steroid dienone is 2. The molecule has 8 nitrogen and oxygen atoms in total. The number of nitrogens with zero attached hydrogens (tertiary/aromatic N) is 1. The van der Waals surface area contributed by atoms with E-state index >= 15 is 0 Å². The van der Waals surface area contributed by atoms with Crippen LogP contribution in [0.1, 0.15) is 0 Å². The summed E-state index contributed by atoms with van der Waals surface area (Å²) in [6.07, 6.45) is 6.12. The van der Waals surface area contributed by atoms with Crippen molar-refractivity contribution in [3.05, 3.63) is 72.1 Å². The van der Waals surface area contributed by atoms with Gasteiger partial charge in [0, 0.05) is 17.0 Å². The van der Waals surface area contributed by atoms with Gasteiger partial charge in [0.05, 0.1) is 25.5 Å². The van der Waals surface area contributed by atoms with E-state index < -0.39 is 22.1 Å². The van der Waals surface area contributed by atoms with Crippen LogP contribution in [0.3, 0.4) is 0 Å². The van der Waals surface area contributed by atoms with Crippen LogP contribution in [0, 0.1) is 0 Å². The zero-order valence-electron chi connectivity index (χ0n) is 15.5. The van der Waals surface area contributed by atoms with E-state index in [0.29, 0.717) is 11.1 Å². The minimum atomic E-state index is -4.47. The zero-order chi connectivity index (χ0) is 21.2. The molecule has 2 aromatic rings. The van der Waals surface area contributed by atoms with Gasteiger partial charge in [-0.25, -0.2) is 9.59 Å². The molecule has 29 heavy (non-hydrogen) atoms. The second kappa shape index (κ2) is 7.90. The average molecular weight is 415 g/mol. The fourth-order valence-corrected chi connectivity index (χ4v) is 3.76. The minimum absolute atomic E-state index is 0.0349. The number of benzene rings is 2. The van der Waals surface area contributed by atoms with E-state index in [1.165, 1.54) is 49.6 Å². The van der Waals surface area contributed by atoms with Crippen LogP contribution in [0.15, 0.2) is 77.0 Å². The standard InChI is InChI=1S/C20H17NO7S/c1-27-19(22)15-7-3-4-12-21(18(15)20(23)28-2)16-10-5-9-14-13(16)8-6-11-17(14)29(24,25)26/h3-12H,1-2H3,(H,24,25,26). The second-order valence-corrected chi connectivity index (χ2v) is 7.31. The molecule has 0 unspecified atom stereocenters. The third-order valence-electron chi connectivity index (χ3n) is 4.29. The maximum absolute atomic E-state index is 12.6. The first-order valence-electron chi connectivity index (χ1n) is 8.34. The van der Waals surface area contributed by atoms with Gasteiger partial charge in [-0.05, 0) is 24.3 Å². The van der Waals surface area contributed by atoms with Crippen molar-refractivity contribution in [1.29, 1.82) is 0 Å². The lowest BCUT2D eigenvalue weighted by molar-refractivity contribution is -0.139. The quantitative estimate of drug-likeness (QED) is 0.599. The lowest BCUT2D eigenvalue weighted by Gasteiger charge is -2.24. The normalized spacial score (nSPS) is 14.1. The zero-order valence-corrected chi connectivity index (χ0v) is 16.3. The topological polar surface area (TPSA) is 110 Å². The van der Waals surface area contributed by atoms with E-state index in [4.69, 9.17) is 9.47 Å². The predicted octanol–water partition coefficient (Wildman–Crippen LogP) is 2.58. The van der Waals surface area contributed by atoms with Gasteiger partial charge in [0.1, 0.15) is 10.6 Å². The van der Waals surface area contributed by atoms with Gasteiger partial charge < -0.3 is 14.4 Å². The molecule has 0 amide bonds. The Morgan fingerprint density at radius 3 is 2.24 bits per heavy atom. The molecule has 2 aromatic carbocycles. The van der Waals surface area contributed by atoms with Gasteiger partial charge in [0.2, 0.25) is 0 Å². The first kappa shape index (κ1) is 20.3. The summed E-state index contributed by atoms with van der Waals surface area (Å²) in [7, 11) is -2.10. The molecule has 0 bridgehead atoms. The molecule has 1 aliphatic heterocycles. The van der Waals surface area contributed by atoms with Crippen molar-refractivity contribution in [2.75, 3.05) is 19.1 Å². The SMILES string of the molecule is COC(=O)C1=C(C(=O)OC)N(c2cccc3c(S(=O)(=O)O)cccc23)C=CC=C1. The molecule has 0 saturated carbocycles. The minimum Gasteiger partial charge on any atom is -0.465 e. The van der Waals surface area contributed by atoms with Gasteiger partial charge in [-0.1, -0.05) is 30.3 Å². The first-order chi connectivity index (χ1) is 13.8. The van der Waals surface area contributed by atoms with E-state index in [1.54, 1.807) is 30.4 Å². The van der Waals surface area contributed by atoms with Crippen LogP contribution in [-0.4, -0.2) is 39.1 Å². The van der Waals surface area contributed by atoms with Crippen molar-refractivity contribution in [2.45, 2.75) is 4.90 Å². The van der Waals surface area contributed by atoms with Crippen LogP contribution in [0.5, 0.6) is 0 Å². The largest absolute Gasteiger partial charge is 0.465 e. The number of fused-ring (bicyclic) bond motifs is 1. The van der Waals surface area contributed by atoms with Crippen LogP contribution >= 0.6 is 0 Å². The first-order valence-corrected chi connectivity index (χ1v) is 9.78. The van der Waals surface area contributed by atoms with E-state index in [9.17, 15) is 22.6 Å².